The van der Waals surface area contributed by atoms with E-state index >= 15 is 0 Å². The van der Waals surface area contributed by atoms with Crippen molar-refractivity contribution in [2.24, 2.45) is 0 Å². The fourth-order valence-electron chi connectivity index (χ4n) is 2.76. The van der Waals surface area contributed by atoms with Crippen LogP contribution in [0.1, 0.15) is 12.8 Å². The lowest BCUT2D eigenvalue weighted by Gasteiger charge is -2.17. The molecule has 5 heteroatoms. The van der Waals surface area contributed by atoms with Gasteiger partial charge in [-0.25, -0.2) is 9.97 Å². The van der Waals surface area contributed by atoms with E-state index in [1.807, 2.05) is 18.3 Å². The second-order valence-electron chi connectivity index (χ2n) is 5.49. The molecule has 1 saturated heterocycles. The molecule has 3 aromatic rings. The van der Waals surface area contributed by atoms with Crippen LogP contribution in [0.25, 0.3) is 10.6 Å². The van der Waals surface area contributed by atoms with Gasteiger partial charge in [-0.3, -0.25) is 0 Å². The van der Waals surface area contributed by atoms with Crippen LogP contribution in [0.5, 0.6) is 0 Å². The SMILES string of the molecule is c1csc(-c2ccnc(Sc3ccc(N4CCCC4)cc3)n2)c1. The van der Waals surface area contributed by atoms with Gasteiger partial charge in [-0.2, -0.15) is 0 Å². The number of aromatic nitrogens is 2. The van der Waals surface area contributed by atoms with Crippen molar-refractivity contribution in [3.63, 3.8) is 0 Å². The molecule has 1 aliphatic heterocycles. The molecular weight excluding hydrogens is 322 g/mol. The lowest BCUT2D eigenvalue weighted by molar-refractivity contribution is 0.949. The Hall–Kier alpha value is -1.85. The maximum atomic E-state index is 4.66. The van der Waals surface area contributed by atoms with E-state index in [0.717, 1.165) is 10.9 Å². The fourth-order valence-corrected chi connectivity index (χ4v) is 4.19. The van der Waals surface area contributed by atoms with Crippen LogP contribution in [-0.4, -0.2) is 23.1 Å². The summed E-state index contributed by atoms with van der Waals surface area (Å²) in [5, 5.41) is 2.87. The Morgan fingerprint density at radius 2 is 1.83 bits per heavy atom. The molecule has 1 fully saturated rings. The van der Waals surface area contributed by atoms with Gasteiger partial charge in [0.1, 0.15) is 0 Å². The Morgan fingerprint density at radius 1 is 1.00 bits per heavy atom. The van der Waals surface area contributed by atoms with Crippen LogP contribution in [0.2, 0.25) is 0 Å². The van der Waals surface area contributed by atoms with Gasteiger partial charge in [0.05, 0.1) is 10.6 Å². The monoisotopic (exact) mass is 339 g/mol. The highest BCUT2D eigenvalue weighted by Gasteiger charge is 2.12. The molecule has 116 valence electrons. The Kier molecular flexibility index (Phi) is 4.30. The smallest absolute Gasteiger partial charge is 0.192 e. The van der Waals surface area contributed by atoms with Crippen molar-refractivity contribution in [1.82, 2.24) is 9.97 Å². The number of nitrogens with zero attached hydrogens (tertiary/aromatic N) is 3. The predicted molar refractivity (Wildman–Crippen MR) is 97.4 cm³/mol. The van der Waals surface area contributed by atoms with Gasteiger partial charge in [-0.1, -0.05) is 6.07 Å². The van der Waals surface area contributed by atoms with Gasteiger partial charge in [-0.05, 0) is 66.4 Å². The Balaban J connectivity index is 1.50. The van der Waals surface area contributed by atoms with E-state index in [-0.39, 0.29) is 0 Å². The van der Waals surface area contributed by atoms with Gasteiger partial charge in [-0.15, -0.1) is 11.3 Å². The second kappa shape index (κ2) is 6.72. The third-order valence-electron chi connectivity index (χ3n) is 3.92. The third kappa shape index (κ3) is 3.41. The minimum atomic E-state index is 0.796. The van der Waals surface area contributed by atoms with Crippen LogP contribution in [0, 0.1) is 0 Å². The largest absolute Gasteiger partial charge is 0.372 e. The molecule has 0 unspecified atom stereocenters. The lowest BCUT2D eigenvalue weighted by Crippen LogP contribution is -2.17. The molecule has 2 aromatic heterocycles. The molecule has 0 radical (unpaired) electrons. The molecule has 1 aliphatic rings. The van der Waals surface area contributed by atoms with E-state index in [4.69, 9.17) is 0 Å². The molecule has 0 amide bonds. The zero-order chi connectivity index (χ0) is 15.5. The predicted octanol–water partition coefficient (Wildman–Crippen LogP) is 4.96. The molecular formula is C18H17N3S2. The number of rotatable bonds is 4. The summed E-state index contributed by atoms with van der Waals surface area (Å²) in [6, 6.07) is 14.8. The first kappa shape index (κ1) is 14.7. The summed E-state index contributed by atoms with van der Waals surface area (Å²) < 4.78 is 0. The van der Waals surface area contributed by atoms with E-state index in [9.17, 15) is 0 Å². The van der Waals surface area contributed by atoms with Crippen molar-refractivity contribution in [3.8, 4) is 10.6 Å². The van der Waals surface area contributed by atoms with Crippen molar-refractivity contribution in [1.29, 1.82) is 0 Å². The maximum absolute atomic E-state index is 4.66. The third-order valence-corrected chi connectivity index (χ3v) is 5.70. The van der Waals surface area contributed by atoms with Gasteiger partial charge in [0.15, 0.2) is 5.16 Å². The summed E-state index contributed by atoms with van der Waals surface area (Å²) in [6.07, 6.45) is 4.45. The Bertz CT molecular complexity index is 763. The molecule has 3 nitrogen and oxygen atoms in total. The number of thiophene rings is 1. The molecule has 0 atom stereocenters. The summed E-state index contributed by atoms with van der Waals surface area (Å²) in [6.45, 7) is 2.36. The van der Waals surface area contributed by atoms with E-state index < -0.39 is 0 Å². The van der Waals surface area contributed by atoms with Crippen LogP contribution in [0.3, 0.4) is 0 Å². The molecule has 0 spiro atoms. The maximum Gasteiger partial charge on any atom is 0.192 e. The van der Waals surface area contributed by atoms with Gasteiger partial charge >= 0.3 is 0 Å². The lowest BCUT2D eigenvalue weighted by atomic mass is 10.3. The first-order valence-corrected chi connectivity index (χ1v) is 9.48. The fraction of sp³-hybridized carbons (Fsp3) is 0.222. The topological polar surface area (TPSA) is 29.0 Å². The average Bonchev–Trinajstić information content (AvgIpc) is 3.30. The number of hydrogen-bond donors (Lipinski definition) is 0. The van der Waals surface area contributed by atoms with Crippen LogP contribution >= 0.6 is 23.1 Å². The van der Waals surface area contributed by atoms with E-state index in [0.29, 0.717) is 0 Å². The molecule has 0 saturated carbocycles. The molecule has 0 bridgehead atoms. The molecule has 1 aromatic carbocycles. The van der Waals surface area contributed by atoms with Gasteiger partial charge in [0, 0.05) is 29.9 Å². The van der Waals surface area contributed by atoms with Crippen molar-refractivity contribution in [2.75, 3.05) is 18.0 Å². The number of hydrogen-bond acceptors (Lipinski definition) is 5. The first-order valence-electron chi connectivity index (χ1n) is 7.78. The van der Waals surface area contributed by atoms with Crippen LogP contribution in [-0.2, 0) is 0 Å². The molecule has 3 heterocycles. The van der Waals surface area contributed by atoms with E-state index in [2.05, 4.69) is 50.6 Å². The summed E-state index contributed by atoms with van der Waals surface area (Å²) in [5.74, 6) is 0. The molecule has 4 rings (SSSR count). The molecule has 0 aliphatic carbocycles. The summed E-state index contributed by atoms with van der Waals surface area (Å²) in [7, 11) is 0. The number of benzene rings is 1. The second-order valence-corrected chi connectivity index (χ2v) is 7.48. The van der Waals surface area contributed by atoms with Crippen molar-refractivity contribution in [3.05, 3.63) is 54.0 Å². The van der Waals surface area contributed by atoms with Crippen LogP contribution in [0.4, 0.5) is 5.69 Å². The first-order chi connectivity index (χ1) is 11.4. The van der Waals surface area contributed by atoms with E-state index in [1.165, 1.54) is 41.4 Å². The summed E-state index contributed by atoms with van der Waals surface area (Å²) >= 11 is 3.32. The minimum Gasteiger partial charge on any atom is -0.372 e. The summed E-state index contributed by atoms with van der Waals surface area (Å²) in [4.78, 5) is 13.9. The highest BCUT2D eigenvalue weighted by Crippen LogP contribution is 2.30. The normalized spacial score (nSPS) is 14.3. The number of anilines is 1. The van der Waals surface area contributed by atoms with Crippen molar-refractivity contribution in [2.45, 2.75) is 22.9 Å². The highest BCUT2D eigenvalue weighted by molar-refractivity contribution is 7.99. The molecule has 0 N–H and O–H groups in total. The van der Waals surface area contributed by atoms with Crippen molar-refractivity contribution >= 4 is 28.8 Å². The zero-order valence-corrected chi connectivity index (χ0v) is 14.3. The van der Waals surface area contributed by atoms with Crippen LogP contribution < -0.4 is 4.90 Å². The van der Waals surface area contributed by atoms with Crippen molar-refractivity contribution < 1.29 is 0 Å². The highest BCUT2D eigenvalue weighted by atomic mass is 32.2. The zero-order valence-electron chi connectivity index (χ0n) is 12.7. The standard InChI is InChI=1S/C18H17N3S2/c1-2-12-21(11-1)14-5-7-15(8-6-14)23-18-19-10-9-16(20-18)17-4-3-13-22-17/h3-10,13H,1-2,11-12H2. The van der Waals surface area contributed by atoms with Gasteiger partial charge in [0.25, 0.3) is 0 Å². The Labute approximate surface area is 144 Å². The van der Waals surface area contributed by atoms with Crippen LogP contribution in [0.15, 0.2) is 64.1 Å². The minimum absolute atomic E-state index is 0.796. The van der Waals surface area contributed by atoms with Gasteiger partial charge in [0.2, 0.25) is 0 Å². The van der Waals surface area contributed by atoms with Gasteiger partial charge < -0.3 is 4.90 Å². The average molecular weight is 339 g/mol. The molecule has 23 heavy (non-hydrogen) atoms. The quantitative estimate of drug-likeness (QED) is 0.629. The Morgan fingerprint density at radius 3 is 2.57 bits per heavy atom. The van der Waals surface area contributed by atoms with E-state index in [1.54, 1.807) is 23.1 Å². The summed E-state index contributed by atoms with van der Waals surface area (Å²) in [5.41, 5.74) is 2.31.